The Hall–Kier alpha value is -0.980. The molecule has 11 heavy (non-hydrogen) atoms. The van der Waals surface area contributed by atoms with E-state index in [1.165, 1.54) is 0 Å². The highest BCUT2D eigenvalue weighted by atomic mass is 16.6. The molecule has 6 nitrogen and oxygen atoms in total. The zero-order chi connectivity index (χ0) is 8.59. The first-order chi connectivity index (χ1) is 5.04. The molecule has 0 radical (unpaired) electrons. The molecule has 0 spiro atoms. The smallest absolute Gasteiger partial charge is 0.345 e. The van der Waals surface area contributed by atoms with Gasteiger partial charge in [-0.2, -0.15) is 0 Å². The highest BCUT2D eigenvalue weighted by molar-refractivity contribution is 5.93. The first kappa shape index (κ1) is 8.12. The fourth-order valence-corrected chi connectivity index (χ4v) is 0.671. The number of hydrogen-bond acceptors (Lipinski definition) is 6. The molecule has 1 rings (SSSR count). The average Bonchev–Trinajstić information content (AvgIpc) is 1.97. The van der Waals surface area contributed by atoms with Gasteiger partial charge >= 0.3 is 11.9 Å². The number of rotatable bonds is 0. The maximum absolute atomic E-state index is 10.4. The van der Waals surface area contributed by atoms with E-state index >= 15 is 0 Å². The minimum absolute atomic E-state index is 1.24. The second-order valence-corrected chi connectivity index (χ2v) is 2.12. The van der Waals surface area contributed by atoms with Crippen LogP contribution in [0.1, 0.15) is 0 Å². The highest BCUT2D eigenvalue weighted by Gasteiger charge is 2.43. The lowest BCUT2D eigenvalue weighted by Crippen LogP contribution is -2.53. The predicted octanol–water partition coefficient (Wildman–Crippen LogP) is -2.85. The SMILES string of the molecule is O=C1OC(=O)[C@H](O)[C@@H](O)[C@@H]1O. The van der Waals surface area contributed by atoms with E-state index in [9.17, 15) is 9.59 Å². The summed E-state index contributed by atoms with van der Waals surface area (Å²) in [5.74, 6) is -2.49. The summed E-state index contributed by atoms with van der Waals surface area (Å²) in [5, 5.41) is 26.2. The van der Waals surface area contributed by atoms with Crippen molar-refractivity contribution < 1.29 is 29.6 Å². The quantitative estimate of drug-likeness (QED) is 0.261. The Balaban J connectivity index is 2.78. The molecule has 0 amide bonds. The van der Waals surface area contributed by atoms with Crippen molar-refractivity contribution in [3.63, 3.8) is 0 Å². The van der Waals surface area contributed by atoms with Crippen LogP contribution in [-0.4, -0.2) is 45.6 Å². The van der Waals surface area contributed by atoms with Crippen molar-refractivity contribution in [2.45, 2.75) is 18.3 Å². The molecule has 0 aromatic carbocycles. The van der Waals surface area contributed by atoms with Crippen LogP contribution in [0.3, 0.4) is 0 Å². The molecule has 3 N–H and O–H groups in total. The average molecular weight is 162 g/mol. The fourth-order valence-electron chi connectivity index (χ4n) is 0.671. The first-order valence-electron chi connectivity index (χ1n) is 2.84. The van der Waals surface area contributed by atoms with Crippen LogP contribution in [0.2, 0.25) is 0 Å². The van der Waals surface area contributed by atoms with Gasteiger partial charge in [-0.1, -0.05) is 0 Å². The van der Waals surface area contributed by atoms with Crippen LogP contribution in [0.25, 0.3) is 0 Å². The number of esters is 2. The molecule has 62 valence electrons. The Morgan fingerprint density at radius 1 is 1.00 bits per heavy atom. The third kappa shape index (κ3) is 1.23. The highest BCUT2D eigenvalue weighted by Crippen LogP contribution is 2.10. The zero-order valence-electron chi connectivity index (χ0n) is 5.30. The van der Waals surface area contributed by atoms with E-state index in [2.05, 4.69) is 4.74 Å². The minimum atomic E-state index is -1.84. The Labute approximate surface area is 61.0 Å². The van der Waals surface area contributed by atoms with Gasteiger partial charge in [-0.3, -0.25) is 0 Å². The number of ether oxygens (including phenoxy) is 1. The molecular formula is C5H6O6. The van der Waals surface area contributed by atoms with Crippen LogP contribution < -0.4 is 0 Å². The van der Waals surface area contributed by atoms with E-state index in [4.69, 9.17) is 15.3 Å². The summed E-state index contributed by atoms with van der Waals surface area (Å²) in [7, 11) is 0. The summed E-state index contributed by atoms with van der Waals surface area (Å²) in [4.78, 5) is 20.8. The molecule has 0 aliphatic carbocycles. The largest absolute Gasteiger partial charge is 0.389 e. The topological polar surface area (TPSA) is 104 Å². The van der Waals surface area contributed by atoms with Gasteiger partial charge in [-0.05, 0) is 0 Å². The van der Waals surface area contributed by atoms with Crippen molar-refractivity contribution in [1.82, 2.24) is 0 Å². The van der Waals surface area contributed by atoms with E-state index < -0.39 is 30.3 Å². The molecule has 0 unspecified atom stereocenters. The third-order valence-corrected chi connectivity index (χ3v) is 1.33. The fraction of sp³-hybridized carbons (Fsp3) is 0.600. The molecule has 1 fully saturated rings. The molecule has 6 heteroatoms. The molecule has 1 heterocycles. The lowest BCUT2D eigenvalue weighted by Gasteiger charge is -2.24. The molecule has 3 atom stereocenters. The van der Waals surface area contributed by atoms with Gasteiger partial charge in [-0.15, -0.1) is 0 Å². The van der Waals surface area contributed by atoms with Gasteiger partial charge in [0.05, 0.1) is 0 Å². The minimum Gasteiger partial charge on any atom is -0.389 e. The van der Waals surface area contributed by atoms with Crippen LogP contribution in [0.5, 0.6) is 0 Å². The van der Waals surface area contributed by atoms with Crippen molar-refractivity contribution in [3.05, 3.63) is 0 Å². The van der Waals surface area contributed by atoms with Crippen LogP contribution in [0.4, 0.5) is 0 Å². The maximum Gasteiger partial charge on any atom is 0.345 e. The lowest BCUT2D eigenvalue weighted by molar-refractivity contribution is -0.195. The van der Waals surface area contributed by atoms with Crippen LogP contribution >= 0.6 is 0 Å². The van der Waals surface area contributed by atoms with E-state index in [0.29, 0.717) is 0 Å². The monoisotopic (exact) mass is 162 g/mol. The second kappa shape index (κ2) is 2.57. The van der Waals surface area contributed by atoms with Crippen molar-refractivity contribution in [2.24, 2.45) is 0 Å². The molecule has 0 aromatic heterocycles. The van der Waals surface area contributed by atoms with Gasteiger partial charge < -0.3 is 20.1 Å². The molecule has 1 saturated heterocycles. The molecule has 0 aromatic rings. The molecule has 1 aliphatic heterocycles. The summed E-state index contributed by atoms with van der Waals surface area (Å²) in [5.41, 5.74) is 0. The van der Waals surface area contributed by atoms with Crippen molar-refractivity contribution in [2.75, 3.05) is 0 Å². The zero-order valence-corrected chi connectivity index (χ0v) is 5.30. The van der Waals surface area contributed by atoms with Crippen molar-refractivity contribution >= 4 is 11.9 Å². The standard InChI is InChI=1S/C5H6O6/c6-1-2(7)4(9)11-5(10)3(1)8/h1-3,6-8H/t1-,2-,3+. The van der Waals surface area contributed by atoms with Gasteiger partial charge in [0.25, 0.3) is 0 Å². The number of hydrogen-bond donors (Lipinski definition) is 3. The van der Waals surface area contributed by atoms with Crippen molar-refractivity contribution in [3.8, 4) is 0 Å². The maximum atomic E-state index is 10.4. The summed E-state index contributed by atoms with van der Waals surface area (Å²) < 4.78 is 3.84. The Bertz CT molecular complexity index is 179. The number of aliphatic hydroxyl groups is 3. The lowest BCUT2D eigenvalue weighted by atomic mass is 10.1. The van der Waals surface area contributed by atoms with E-state index in [-0.39, 0.29) is 0 Å². The Morgan fingerprint density at radius 3 is 1.73 bits per heavy atom. The third-order valence-electron chi connectivity index (χ3n) is 1.33. The summed E-state index contributed by atoms with van der Waals surface area (Å²) >= 11 is 0. The summed E-state index contributed by atoms with van der Waals surface area (Å²) in [6, 6.07) is 0. The number of carbonyl (C=O) groups excluding carboxylic acids is 2. The number of aliphatic hydroxyl groups excluding tert-OH is 3. The van der Waals surface area contributed by atoms with Gasteiger partial charge in [0.2, 0.25) is 0 Å². The molecule has 0 saturated carbocycles. The molecular weight excluding hydrogens is 156 g/mol. The normalized spacial score (nSPS) is 38.6. The predicted molar refractivity (Wildman–Crippen MR) is 29.1 cm³/mol. The second-order valence-electron chi connectivity index (χ2n) is 2.12. The number of cyclic esters (lactones) is 2. The van der Waals surface area contributed by atoms with Gasteiger partial charge in [0.15, 0.2) is 12.2 Å². The Kier molecular flexibility index (Phi) is 1.90. The van der Waals surface area contributed by atoms with Gasteiger partial charge in [0, 0.05) is 0 Å². The van der Waals surface area contributed by atoms with Crippen molar-refractivity contribution in [1.29, 1.82) is 0 Å². The van der Waals surface area contributed by atoms with Gasteiger partial charge in [0.1, 0.15) is 6.10 Å². The van der Waals surface area contributed by atoms with Crippen LogP contribution in [0.15, 0.2) is 0 Å². The van der Waals surface area contributed by atoms with Crippen LogP contribution in [0, 0.1) is 0 Å². The van der Waals surface area contributed by atoms with E-state index in [1.54, 1.807) is 0 Å². The van der Waals surface area contributed by atoms with Gasteiger partial charge in [-0.25, -0.2) is 9.59 Å². The molecule has 0 bridgehead atoms. The number of carbonyl (C=O) groups is 2. The molecule has 1 aliphatic rings. The first-order valence-corrected chi connectivity index (χ1v) is 2.84. The summed E-state index contributed by atoms with van der Waals surface area (Å²) in [6.45, 7) is 0. The van der Waals surface area contributed by atoms with E-state index in [1.807, 2.05) is 0 Å². The summed E-state index contributed by atoms with van der Waals surface area (Å²) in [6.07, 6.45) is -5.48. The Morgan fingerprint density at radius 2 is 1.36 bits per heavy atom. The van der Waals surface area contributed by atoms with E-state index in [0.717, 1.165) is 0 Å². The van der Waals surface area contributed by atoms with Crippen LogP contribution in [-0.2, 0) is 14.3 Å².